The van der Waals surface area contributed by atoms with Gasteiger partial charge in [-0.25, -0.2) is 9.67 Å². The van der Waals surface area contributed by atoms with Gasteiger partial charge in [-0.2, -0.15) is 18.3 Å². The van der Waals surface area contributed by atoms with E-state index in [1.807, 2.05) is 32.0 Å². The molecule has 0 bridgehead atoms. The van der Waals surface area contributed by atoms with Crippen molar-refractivity contribution in [3.8, 4) is 5.82 Å². The Balaban J connectivity index is 1.66. The van der Waals surface area contributed by atoms with E-state index in [1.54, 1.807) is 4.90 Å². The fourth-order valence-electron chi connectivity index (χ4n) is 3.78. The molecule has 0 unspecified atom stereocenters. The molecule has 0 saturated heterocycles. The van der Waals surface area contributed by atoms with Gasteiger partial charge in [0.15, 0.2) is 5.82 Å². The Labute approximate surface area is 172 Å². The summed E-state index contributed by atoms with van der Waals surface area (Å²) in [5.41, 5.74) is 2.63. The van der Waals surface area contributed by atoms with Crippen molar-refractivity contribution in [2.24, 2.45) is 0 Å². The number of nitrogens with zero attached hydrogens (tertiary/aromatic N) is 4. The molecule has 2 aromatic heterocycles. The minimum absolute atomic E-state index is 0.0763. The largest absolute Gasteiger partial charge is 0.417 e. The third kappa shape index (κ3) is 3.69. The Hall–Kier alpha value is -3.16. The van der Waals surface area contributed by atoms with Gasteiger partial charge in [-0.3, -0.25) is 4.79 Å². The number of aromatic nitrogens is 3. The third-order valence-electron chi connectivity index (χ3n) is 5.29. The van der Waals surface area contributed by atoms with Gasteiger partial charge < -0.3 is 4.90 Å². The number of rotatable bonds is 3. The number of carbonyl (C=O) groups is 1. The maximum Gasteiger partial charge on any atom is 0.417 e. The summed E-state index contributed by atoms with van der Waals surface area (Å²) in [6.07, 6.45) is -1.41. The van der Waals surface area contributed by atoms with Gasteiger partial charge in [-0.15, -0.1) is 0 Å². The second kappa shape index (κ2) is 7.59. The summed E-state index contributed by atoms with van der Waals surface area (Å²) in [5.74, 6) is 0.0359. The maximum absolute atomic E-state index is 13.3. The third-order valence-corrected chi connectivity index (χ3v) is 5.29. The van der Waals surface area contributed by atoms with Gasteiger partial charge in [0.2, 0.25) is 0 Å². The molecule has 30 heavy (non-hydrogen) atoms. The van der Waals surface area contributed by atoms with Crippen molar-refractivity contribution in [3.63, 3.8) is 0 Å². The SMILES string of the molecule is CC(C)c1c(C(=O)N2CCc3ccccc3C2)cnn1-c1ccc(C(F)(F)F)cn1. The fraction of sp³-hybridized carbons (Fsp3) is 0.318. The first-order chi connectivity index (χ1) is 14.3. The zero-order valence-corrected chi connectivity index (χ0v) is 16.6. The molecule has 1 aliphatic rings. The molecule has 3 heterocycles. The molecular weight excluding hydrogens is 393 g/mol. The van der Waals surface area contributed by atoms with E-state index in [9.17, 15) is 18.0 Å². The zero-order valence-electron chi connectivity index (χ0n) is 16.6. The minimum atomic E-state index is -4.46. The smallest absolute Gasteiger partial charge is 0.334 e. The minimum Gasteiger partial charge on any atom is -0.334 e. The highest BCUT2D eigenvalue weighted by molar-refractivity contribution is 5.95. The first-order valence-electron chi connectivity index (χ1n) is 9.73. The van der Waals surface area contributed by atoms with Crippen LogP contribution in [-0.4, -0.2) is 32.1 Å². The van der Waals surface area contributed by atoms with Crippen molar-refractivity contribution in [1.82, 2.24) is 19.7 Å². The number of fused-ring (bicyclic) bond motifs is 1. The van der Waals surface area contributed by atoms with Crippen LogP contribution >= 0.6 is 0 Å². The number of hydrogen-bond acceptors (Lipinski definition) is 3. The predicted octanol–water partition coefficient (Wildman–Crippen LogP) is 4.61. The second-order valence-corrected chi connectivity index (χ2v) is 7.66. The Kier molecular flexibility index (Phi) is 5.09. The standard InChI is InChI=1S/C22H21F3N4O/c1-14(2)20-18(21(30)28-10-9-15-5-3-4-6-16(15)13-28)12-27-29(20)19-8-7-17(11-26-19)22(23,24)25/h3-8,11-12,14H,9-10,13H2,1-2H3. The number of alkyl halides is 3. The monoisotopic (exact) mass is 414 g/mol. The van der Waals surface area contributed by atoms with Gasteiger partial charge in [0.1, 0.15) is 0 Å². The highest BCUT2D eigenvalue weighted by Gasteiger charge is 2.31. The van der Waals surface area contributed by atoms with Crippen molar-refractivity contribution in [2.45, 2.75) is 38.9 Å². The molecule has 3 aromatic rings. The molecule has 0 atom stereocenters. The van der Waals surface area contributed by atoms with E-state index in [4.69, 9.17) is 0 Å². The van der Waals surface area contributed by atoms with Crippen molar-refractivity contribution >= 4 is 5.91 Å². The molecule has 0 fully saturated rings. The number of hydrogen-bond donors (Lipinski definition) is 0. The summed E-state index contributed by atoms with van der Waals surface area (Å²) in [7, 11) is 0. The first kappa shape index (κ1) is 20.1. The van der Waals surface area contributed by atoms with Crippen LogP contribution < -0.4 is 0 Å². The molecule has 1 aliphatic heterocycles. The average molecular weight is 414 g/mol. The van der Waals surface area contributed by atoms with Crippen molar-refractivity contribution in [1.29, 1.82) is 0 Å². The maximum atomic E-state index is 13.3. The van der Waals surface area contributed by atoms with Crippen LogP contribution in [0.5, 0.6) is 0 Å². The zero-order chi connectivity index (χ0) is 21.5. The summed E-state index contributed by atoms with van der Waals surface area (Å²) in [6, 6.07) is 10.3. The number of amides is 1. The van der Waals surface area contributed by atoms with Gasteiger partial charge in [0.05, 0.1) is 23.0 Å². The van der Waals surface area contributed by atoms with Gasteiger partial charge >= 0.3 is 6.18 Å². The van der Waals surface area contributed by atoms with Gasteiger partial charge in [-0.05, 0) is 35.6 Å². The summed E-state index contributed by atoms with van der Waals surface area (Å²) >= 11 is 0. The van der Waals surface area contributed by atoms with Crippen LogP contribution in [0.4, 0.5) is 13.2 Å². The molecule has 0 aliphatic carbocycles. The average Bonchev–Trinajstić information content (AvgIpc) is 3.18. The summed E-state index contributed by atoms with van der Waals surface area (Å²) in [6.45, 7) is 4.97. The second-order valence-electron chi connectivity index (χ2n) is 7.66. The van der Waals surface area contributed by atoms with Gasteiger partial charge in [-0.1, -0.05) is 38.1 Å². The van der Waals surface area contributed by atoms with E-state index in [1.165, 1.54) is 22.5 Å². The highest BCUT2D eigenvalue weighted by Crippen LogP contribution is 2.30. The lowest BCUT2D eigenvalue weighted by atomic mass is 9.98. The molecule has 0 spiro atoms. The van der Waals surface area contributed by atoms with Crippen LogP contribution in [-0.2, 0) is 19.1 Å². The van der Waals surface area contributed by atoms with E-state index in [-0.39, 0.29) is 17.6 Å². The van der Waals surface area contributed by atoms with Crippen molar-refractivity contribution in [3.05, 3.63) is 76.7 Å². The molecular formula is C22H21F3N4O. The Morgan fingerprint density at radius 2 is 1.80 bits per heavy atom. The molecule has 1 amide bonds. The van der Waals surface area contributed by atoms with Crippen LogP contribution in [0.2, 0.25) is 0 Å². The van der Waals surface area contributed by atoms with Crippen LogP contribution in [0, 0.1) is 0 Å². The Morgan fingerprint density at radius 1 is 1.07 bits per heavy atom. The lowest BCUT2D eigenvalue weighted by Crippen LogP contribution is -2.36. The van der Waals surface area contributed by atoms with E-state index in [0.29, 0.717) is 24.3 Å². The molecule has 4 rings (SSSR count). The quantitative estimate of drug-likeness (QED) is 0.629. The van der Waals surface area contributed by atoms with Crippen LogP contribution in [0.25, 0.3) is 5.82 Å². The van der Waals surface area contributed by atoms with E-state index < -0.39 is 11.7 Å². The number of halogens is 3. The molecule has 156 valence electrons. The Morgan fingerprint density at radius 3 is 2.43 bits per heavy atom. The van der Waals surface area contributed by atoms with Gasteiger partial charge in [0, 0.05) is 19.3 Å². The molecule has 0 N–H and O–H groups in total. The molecule has 0 saturated carbocycles. The summed E-state index contributed by atoms with van der Waals surface area (Å²) in [5, 5.41) is 4.29. The van der Waals surface area contributed by atoms with Crippen molar-refractivity contribution in [2.75, 3.05) is 6.54 Å². The Bertz CT molecular complexity index is 1070. The highest BCUT2D eigenvalue weighted by atomic mass is 19.4. The summed E-state index contributed by atoms with van der Waals surface area (Å²) < 4.78 is 40.0. The van der Waals surface area contributed by atoms with Crippen LogP contribution in [0.3, 0.4) is 0 Å². The van der Waals surface area contributed by atoms with Crippen LogP contribution in [0.1, 0.15) is 52.5 Å². The number of benzene rings is 1. The molecule has 0 radical (unpaired) electrons. The van der Waals surface area contributed by atoms with Crippen LogP contribution in [0.15, 0.2) is 48.8 Å². The summed E-state index contributed by atoms with van der Waals surface area (Å²) in [4.78, 5) is 19.0. The molecule has 5 nitrogen and oxygen atoms in total. The molecule has 1 aromatic carbocycles. The number of carbonyl (C=O) groups excluding carboxylic acids is 1. The topological polar surface area (TPSA) is 51.0 Å². The normalized spacial score (nSPS) is 14.1. The fourth-order valence-corrected chi connectivity index (χ4v) is 3.78. The molecule has 8 heteroatoms. The first-order valence-corrected chi connectivity index (χ1v) is 9.73. The van der Waals surface area contributed by atoms with Crippen molar-refractivity contribution < 1.29 is 18.0 Å². The van der Waals surface area contributed by atoms with E-state index >= 15 is 0 Å². The van der Waals surface area contributed by atoms with E-state index in [2.05, 4.69) is 16.1 Å². The number of pyridine rings is 1. The predicted molar refractivity (Wildman–Crippen MR) is 105 cm³/mol. The van der Waals surface area contributed by atoms with E-state index in [0.717, 1.165) is 24.2 Å². The van der Waals surface area contributed by atoms with Gasteiger partial charge in [0.25, 0.3) is 5.91 Å². The lowest BCUT2D eigenvalue weighted by molar-refractivity contribution is -0.137. The lowest BCUT2D eigenvalue weighted by Gasteiger charge is -2.29.